The van der Waals surface area contributed by atoms with Crippen molar-refractivity contribution in [3.63, 3.8) is 0 Å². The molecule has 0 aliphatic heterocycles. The van der Waals surface area contributed by atoms with E-state index in [9.17, 15) is 9.18 Å². The highest BCUT2D eigenvalue weighted by atomic mass is 19.1. The third kappa shape index (κ3) is 2.78. The summed E-state index contributed by atoms with van der Waals surface area (Å²) in [4.78, 5) is 15.5. The van der Waals surface area contributed by atoms with Crippen LogP contribution < -0.4 is 5.32 Å². The van der Waals surface area contributed by atoms with E-state index in [1.165, 1.54) is 36.5 Å². The predicted molar refractivity (Wildman–Crippen MR) is 60.3 cm³/mol. The van der Waals surface area contributed by atoms with Crippen molar-refractivity contribution >= 4 is 11.7 Å². The zero-order valence-corrected chi connectivity index (χ0v) is 8.72. The molecule has 0 unspecified atom stereocenters. The van der Waals surface area contributed by atoms with Gasteiger partial charge < -0.3 is 10.4 Å². The van der Waals surface area contributed by atoms with Crippen LogP contribution in [-0.2, 0) is 0 Å². The topological polar surface area (TPSA) is 62.2 Å². The molecule has 86 valence electrons. The molecule has 1 aromatic carbocycles. The van der Waals surface area contributed by atoms with Crippen LogP contribution in [0.5, 0.6) is 5.75 Å². The minimum atomic E-state index is -0.471. The molecule has 2 aromatic rings. The number of anilines is 1. The lowest BCUT2D eigenvalue weighted by molar-refractivity contribution is 0.102. The smallest absolute Gasteiger partial charge is 0.256 e. The van der Waals surface area contributed by atoms with Crippen LogP contribution in [-0.4, -0.2) is 16.0 Å². The quantitative estimate of drug-likeness (QED) is 0.834. The van der Waals surface area contributed by atoms with Crippen LogP contribution in [0, 0.1) is 5.82 Å². The van der Waals surface area contributed by atoms with Gasteiger partial charge in [0.25, 0.3) is 5.91 Å². The van der Waals surface area contributed by atoms with Gasteiger partial charge >= 0.3 is 0 Å². The number of phenolic OH excluding ortho intramolecular Hbond substituents is 1. The van der Waals surface area contributed by atoms with Crippen LogP contribution in [0.1, 0.15) is 10.4 Å². The Labute approximate surface area is 96.7 Å². The van der Waals surface area contributed by atoms with E-state index < -0.39 is 11.7 Å². The lowest BCUT2D eigenvalue weighted by atomic mass is 10.2. The normalized spacial score (nSPS) is 9.94. The van der Waals surface area contributed by atoms with Crippen molar-refractivity contribution in [2.45, 2.75) is 0 Å². The Morgan fingerprint density at radius 2 is 1.94 bits per heavy atom. The van der Waals surface area contributed by atoms with Crippen molar-refractivity contribution in [2.75, 3.05) is 5.32 Å². The van der Waals surface area contributed by atoms with E-state index >= 15 is 0 Å². The van der Waals surface area contributed by atoms with Crippen molar-refractivity contribution in [3.05, 3.63) is 54.0 Å². The predicted octanol–water partition coefficient (Wildman–Crippen LogP) is 2.18. The molecule has 2 rings (SSSR count). The molecule has 5 heteroatoms. The molecule has 1 amide bonds. The Morgan fingerprint density at radius 3 is 2.59 bits per heavy atom. The van der Waals surface area contributed by atoms with Crippen molar-refractivity contribution in [1.82, 2.24) is 4.98 Å². The number of phenols is 1. The van der Waals surface area contributed by atoms with E-state index in [1.807, 2.05) is 0 Å². The Morgan fingerprint density at radius 1 is 1.24 bits per heavy atom. The van der Waals surface area contributed by atoms with Gasteiger partial charge in [-0.15, -0.1) is 0 Å². The maximum atomic E-state index is 12.8. The SMILES string of the molecule is O=C(Nc1cc(F)ccn1)c1ccc(O)cc1. The first kappa shape index (κ1) is 11.1. The monoisotopic (exact) mass is 232 g/mol. The number of aromatic hydroxyl groups is 1. The molecule has 0 aliphatic carbocycles. The number of hydrogen-bond donors (Lipinski definition) is 2. The highest BCUT2D eigenvalue weighted by Crippen LogP contribution is 2.12. The molecule has 0 saturated heterocycles. The standard InChI is InChI=1S/C12H9FN2O2/c13-9-5-6-14-11(7-9)15-12(17)8-1-3-10(16)4-2-8/h1-7,16H,(H,14,15,17). The second kappa shape index (κ2) is 4.61. The van der Waals surface area contributed by atoms with E-state index in [2.05, 4.69) is 10.3 Å². The van der Waals surface area contributed by atoms with E-state index in [0.717, 1.165) is 6.07 Å². The fourth-order valence-corrected chi connectivity index (χ4v) is 1.27. The van der Waals surface area contributed by atoms with Gasteiger partial charge in [-0.3, -0.25) is 4.79 Å². The summed E-state index contributed by atoms with van der Waals surface area (Å²) < 4.78 is 12.8. The second-order valence-corrected chi connectivity index (χ2v) is 3.36. The molecular formula is C12H9FN2O2. The molecule has 0 fully saturated rings. The van der Waals surface area contributed by atoms with Gasteiger partial charge in [-0.05, 0) is 30.3 Å². The van der Waals surface area contributed by atoms with Crippen LogP contribution in [0.4, 0.5) is 10.2 Å². The van der Waals surface area contributed by atoms with Crippen LogP contribution in [0.25, 0.3) is 0 Å². The summed E-state index contributed by atoms with van der Waals surface area (Å²) >= 11 is 0. The summed E-state index contributed by atoms with van der Waals surface area (Å²) in [5, 5.41) is 11.5. The molecule has 1 heterocycles. The van der Waals surface area contributed by atoms with Crippen LogP contribution in [0.3, 0.4) is 0 Å². The van der Waals surface area contributed by atoms with Gasteiger partial charge in [0, 0.05) is 17.8 Å². The third-order valence-electron chi connectivity index (χ3n) is 2.09. The van der Waals surface area contributed by atoms with Crippen molar-refractivity contribution in [2.24, 2.45) is 0 Å². The molecule has 0 saturated carbocycles. The maximum Gasteiger partial charge on any atom is 0.256 e. The van der Waals surface area contributed by atoms with Crippen molar-refractivity contribution in [1.29, 1.82) is 0 Å². The summed E-state index contributed by atoms with van der Waals surface area (Å²) in [5.41, 5.74) is 0.355. The zero-order valence-electron chi connectivity index (χ0n) is 8.72. The third-order valence-corrected chi connectivity index (χ3v) is 2.09. The first-order valence-electron chi connectivity index (χ1n) is 4.87. The first-order valence-corrected chi connectivity index (χ1v) is 4.87. The first-order chi connectivity index (χ1) is 8.15. The van der Waals surface area contributed by atoms with E-state index in [-0.39, 0.29) is 11.6 Å². The minimum absolute atomic E-state index is 0.0745. The average Bonchev–Trinajstić information content (AvgIpc) is 2.29. The number of carbonyl (C=O) groups is 1. The number of benzene rings is 1. The molecule has 17 heavy (non-hydrogen) atoms. The molecule has 0 spiro atoms. The number of pyridine rings is 1. The largest absolute Gasteiger partial charge is 0.508 e. The van der Waals surface area contributed by atoms with Gasteiger partial charge in [0.05, 0.1) is 0 Å². The van der Waals surface area contributed by atoms with Crippen LogP contribution in [0.15, 0.2) is 42.6 Å². The number of halogens is 1. The number of amides is 1. The van der Waals surface area contributed by atoms with Gasteiger partial charge in [0.15, 0.2) is 0 Å². The van der Waals surface area contributed by atoms with Gasteiger partial charge in [0.2, 0.25) is 0 Å². The number of carbonyl (C=O) groups excluding carboxylic acids is 1. The molecule has 0 atom stereocenters. The Kier molecular flexibility index (Phi) is 3.00. The Hall–Kier alpha value is -2.43. The minimum Gasteiger partial charge on any atom is -0.508 e. The number of nitrogens with zero attached hydrogens (tertiary/aromatic N) is 1. The van der Waals surface area contributed by atoms with Crippen molar-refractivity contribution < 1.29 is 14.3 Å². The van der Waals surface area contributed by atoms with Crippen LogP contribution >= 0.6 is 0 Å². The Bertz CT molecular complexity index is 540. The summed E-state index contributed by atoms with van der Waals surface area (Å²) in [6.07, 6.45) is 1.27. The lowest BCUT2D eigenvalue weighted by Crippen LogP contribution is -2.12. The summed E-state index contributed by atoms with van der Waals surface area (Å²) in [5.74, 6) is -0.669. The fraction of sp³-hybridized carbons (Fsp3) is 0. The summed E-state index contributed by atoms with van der Waals surface area (Å²) in [7, 11) is 0. The number of rotatable bonds is 2. The lowest BCUT2D eigenvalue weighted by Gasteiger charge is -2.04. The summed E-state index contributed by atoms with van der Waals surface area (Å²) in [6.45, 7) is 0. The zero-order chi connectivity index (χ0) is 12.3. The number of aromatic nitrogens is 1. The van der Waals surface area contributed by atoms with Gasteiger partial charge in [-0.25, -0.2) is 9.37 Å². The average molecular weight is 232 g/mol. The van der Waals surface area contributed by atoms with Gasteiger partial charge in [-0.2, -0.15) is 0 Å². The van der Waals surface area contributed by atoms with Gasteiger partial charge in [-0.1, -0.05) is 0 Å². The molecule has 0 aliphatic rings. The second-order valence-electron chi connectivity index (χ2n) is 3.36. The Balaban J connectivity index is 2.14. The molecule has 0 bridgehead atoms. The highest BCUT2D eigenvalue weighted by Gasteiger charge is 2.06. The molecule has 4 nitrogen and oxygen atoms in total. The van der Waals surface area contributed by atoms with E-state index in [1.54, 1.807) is 0 Å². The molecular weight excluding hydrogens is 223 g/mol. The van der Waals surface area contributed by atoms with Gasteiger partial charge in [0.1, 0.15) is 17.4 Å². The van der Waals surface area contributed by atoms with Crippen molar-refractivity contribution in [3.8, 4) is 5.75 Å². The van der Waals surface area contributed by atoms with Crippen LogP contribution in [0.2, 0.25) is 0 Å². The highest BCUT2D eigenvalue weighted by molar-refractivity contribution is 6.03. The molecule has 2 N–H and O–H groups in total. The number of hydrogen-bond acceptors (Lipinski definition) is 3. The van der Waals surface area contributed by atoms with E-state index in [0.29, 0.717) is 5.56 Å². The maximum absolute atomic E-state index is 12.8. The molecule has 1 aromatic heterocycles. The fourth-order valence-electron chi connectivity index (χ4n) is 1.27. The summed E-state index contributed by atoms with van der Waals surface area (Å²) in [6, 6.07) is 8.03. The molecule has 0 radical (unpaired) electrons. The van der Waals surface area contributed by atoms with E-state index in [4.69, 9.17) is 5.11 Å². The number of nitrogens with one attached hydrogen (secondary N) is 1.